The van der Waals surface area contributed by atoms with Crippen molar-refractivity contribution in [2.24, 2.45) is 0 Å². The van der Waals surface area contributed by atoms with Crippen LogP contribution in [0.5, 0.6) is 0 Å². The van der Waals surface area contributed by atoms with Crippen molar-refractivity contribution in [3.05, 3.63) is 125 Å². The first-order chi connectivity index (χ1) is 22.0. The van der Waals surface area contributed by atoms with Crippen molar-refractivity contribution in [2.45, 2.75) is 6.92 Å². The number of aryl methyl sites for hydroxylation is 1. The normalized spacial score (nSPS) is 9.96. The van der Waals surface area contributed by atoms with Gasteiger partial charge in [-0.1, -0.05) is 42.5 Å². The second-order valence-corrected chi connectivity index (χ2v) is 11.3. The Labute approximate surface area is 269 Å². The molecule has 4 heterocycles. The Morgan fingerprint density at radius 1 is 0.889 bits per heavy atom. The Balaban J connectivity index is 0.000000273. The molecule has 1 amide bonds. The van der Waals surface area contributed by atoms with Gasteiger partial charge in [-0.15, -0.1) is 22.7 Å². The first-order valence-electron chi connectivity index (χ1n) is 13.8. The highest BCUT2D eigenvalue weighted by Crippen LogP contribution is 2.30. The van der Waals surface area contributed by atoms with Crippen molar-refractivity contribution in [3.63, 3.8) is 0 Å². The lowest BCUT2D eigenvalue weighted by molar-refractivity contribution is 0.102. The van der Waals surface area contributed by atoms with Crippen molar-refractivity contribution in [1.82, 2.24) is 15.0 Å². The average molecular weight is 637 g/mol. The molecule has 0 saturated heterocycles. The Morgan fingerprint density at radius 3 is 2.42 bits per heavy atom. The van der Waals surface area contributed by atoms with Crippen LogP contribution in [0.3, 0.4) is 0 Å². The number of nitrogens with zero attached hydrogens (tertiary/aromatic N) is 3. The van der Waals surface area contributed by atoms with Crippen molar-refractivity contribution >= 4 is 57.9 Å². The van der Waals surface area contributed by atoms with Gasteiger partial charge in [0.2, 0.25) is 5.95 Å². The molecule has 0 aliphatic carbocycles. The Hall–Kier alpha value is -5.23. The third-order valence-electron chi connectivity index (χ3n) is 6.26. The molecule has 6 rings (SSSR count). The SMILES string of the molecule is CNc1cncc(C(=O)Nc2ccc(C)c(Nc3nccc(-c4ccccc4)n3)c2)c1.CO.O=Cc1ccc(-c2cccs2)s1. The van der Waals surface area contributed by atoms with Gasteiger partial charge < -0.3 is 21.1 Å². The predicted molar refractivity (Wildman–Crippen MR) is 185 cm³/mol. The fourth-order valence-corrected chi connectivity index (χ4v) is 5.67. The van der Waals surface area contributed by atoms with Gasteiger partial charge in [-0.05, 0) is 60.3 Å². The third kappa shape index (κ3) is 9.13. The quantitative estimate of drug-likeness (QED) is 0.125. The molecule has 0 atom stereocenters. The fraction of sp³-hybridized carbons (Fsp3) is 0.0882. The van der Waals surface area contributed by atoms with E-state index in [-0.39, 0.29) is 5.91 Å². The first kappa shape index (κ1) is 32.7. The molecule has 0 saturated carbocycles. The van der Waals surface area contributed by atoms with E-state index in [9.17, 15) is 9.59 Å². The zero-order valence-corrected chi connectivity index (χ0v) is 26.5. The van der Waals surface area contributed by atoms with Crippen LogP contribution in [0.1, 0.15) is 25.6 Å². The molecule has 228 valence electrons. The molecule has 0 bridgehead atoms. The molecule has 0 fully saturated rings. The molecule has 0 unspecified atom stereocenters. The van der Waals surface area contributed by atoms with Crippen LogP contribution in [0.15, 0.2) is 109 Å². The monoisotopic (exact) mass is 636 g/mol. The van der Waals surface area contributed by atoms with Crippen LogP contribution in [0.25, 0.3) is 21.0 Å². The number of rotatable bonds is 8. The van der Waals surface area contributed by atoms with E-state index in [1.165, 1.54) is 27.3 Å². The molecule has 11 heteroatoms. The minimum Gasteiger partial charge on any atom is -0.400 e. The molecule has 9 nitrogen and oxygen atoms in total. The number of thiophene rings is 2. The smallest absolute Gasteiger partial charge is 0.257 e. The highest BCUT2D eigenvalue weighted by atomic mass is 32.1. The van der Waals surface area contributed by atoms with E-state index in [4.69, 9.17) is 5.11 Å². The second-order valence-electron chi connectivity index (χ2n) is 9.25. The van der Waals surface area contributed by atoms with E-state index in [0.717, 1.165) is 46.5 Å². The number of hydrogen-bond donors (Lipinski definition) is 4. The maximum absolute atomic E-state index is 12.6. The van der Waals surface area contributed by atoms with E-state index >= 15 is 0 Å². The molecule has 0 radical (unpaired) electrons. The number of benzene rings is 2. The van der Waals surface area contributed by atoms with Crippen LogP contribution >= 0.6 is 22.7 Å². The van der Waals surface area contributed by atoms with Gasteiger partial charge in [0, 0.05) is 59.4 Å². The van der Waals surface area contributed by atoms with E-state index in [2.05, 4.69) is 37.0 Å². The van der Waals surface area contributed by atoms with Gasteiger partial charge in [0.15, 0.2) is 6.29 Å². The number of aliphatic hydroxyl groups is 1. The second kappa shape index (κ2) is 16.6. The summed E-state index contributed by atoms with van der Waals surface area (Å²) < 4.78 is 0. The third-order valence-corrected chi connectivity index (χ3v) is 8.34. The summed E-state index contributed by atoms with van der Waals surface area (Å²) in [5.74, 6) is 0.251. The van der Waals surface area contributed by atoms with Gasteiger partial charge in [0.25, 0.3) is 5.91 Å². The number of aliphatic hydroxyl groups excluding tert-OH is 1. The van der Waals surface area contributed by atoms with Gasteiger partial charge in [0.1, 0.15) is 0 Å². The van der Waals surface area contributed by atoms with Crippen LogP contribution in [0.2, 0.25) is 0 Å². The van der Waals surface area contributed by atoms with Gasteiger partial charge in [-0.2, -0.15) is 0 Å². The molecule has 0 aliphatic heterocycles. The van der Waals surface area contributed by atoms with Gasteiger partial charge >= 0.3 is 0 Å². The topological polar surface area (TPSA) is 129 Å². The molecule has 0 spiro atoms. The first-order valence-corrected chi connectivity index (χ1v) is 15.5. The number of carbonyl (C=O) groups excluding carboxylic acids is 2. The lowest BCUT2D eigenvalue weighted by atomic mass is 10.1. The van der Waals surface area contributed by atoms with Crippen LogP contribution in [0, 0.1) is 6.92 Å². The van der Waals surface area contributed by atoms with Crippen molar-refractivity contribution in [2.75, 3.05) is 30.1 Å². The minimum absolute atomic E-state index is 0.235. The highest BCUT2D eigenvalue weighted by Gasteiger charge is 2.10. The number of hydrogen-bond acceptors (Lipinski definition) is 10. The number of carbonyl (C=O) groups is 2. The van der Waals surface area contributed by atoms with E-state index < -0.39 is 0 Å². The highest BCUT2D eigenvalue weighted by molar-refractivity contribution is 7.22. The zero-order valence-electron chi connectivity index (χ0n) is 24.9. The van der Waals surface area contributed by atoms with Crippen LogP contribution in [-0.4, -0.2) is 46.4 Å². The maximum atomic E-state index is 12.6. The molecular formula is C34H32N6O3S2. The molecule has 0 aliphatic rings. The van der Waals surface area contributed by atoms with Crippen molar-refractivity contribution < 1.29 is 14.7 Å². The molecule has 6 aromatic rings. The van der Waals surface area contributed by atoms with E-state index in [0.29, 0.717) is 17.2 Å². The van der Waals surface area contributed by atoms with Crippen LogP contribution < -0.4 is 16.0 Å². The lowest BCUT2D eigenvalue weighted by Crippen LogP contribution is -2.13. The molecule has 45 heavy (non-hydrogen) atoms. The molecule has 4 aromatic heterocycles. The summed E-state index contributed by atoms with van der Waals surface area (Å²) in [5.41, 5.74) is 5.57. The number of amides is 1. The summed E-state index contributed by atoms with van der Waals surface area (Å²) in [6, 6.07) is 27.1. The minimum atomic E-state index is -0.235. The summed E-state index contributed by atoms with van der Waals surface area (Å²) in [6.45, 7) is 1.98. The summed E-state index contributed by atoms with van der Waals surface area (Å²) in [5, 5.41) is 18.2. The number of anilines is 4. The van der Waals surface area contributed by atoms with Crippen molar-refractivity contribution in [3.8, 4) is 21.0 Å². The maximum Gasteiger partial charge on any atom is 0.257 e. The van der Waals surface area contributed by atoms with Gasteiger partial charge in [-0.3, -0.25) is 14.6 Å². The predicted octanol–water partition coefficient (Wildman–Crippen LogP) is 7.78. The van der Waals surface area contributed by atoms with Gasteiger partial charge in [0.05, 0.1) is 21.8 Å². The van der Waals surface area contributed by atoms with Gasteiger partial charge in [-0.25, -0.2) is 9.97 Å². The summed E-state index contributed by atoms with van der Waals surface area (Å²) in [6.07, 6.45) is 5.81. The molecule has 2 aromatic carbocycles. The lowest BCUT2D eigenvalue weighted by Gasteiger charge is -2.12. The Morgan fingerprint density at radius 2 is 1.71 bits per heavy atom. The Kier molecular flexibility index (Phi) is 12.0. The molecule has 4 N–H and O–H groups in total. The largest absolute Gasteiger partial charge is 0.400 e. The summed E-state index contributed by atoms with van der Waals surface area (Å²) in [4.78, 5) is 39.2. The molecular weight excluding hydrogens is 605 g/mol. The van der Waals surface area contributed by atoms with Crippen LogP contribution in [0.4, 0.5) is 23.0 Å². The number of pyridine rings is 1. The Bertz CT molecular complexity index is 1830. The number of aldehydes is 1. The standard InChI is InChI=1S/C24H22N6O.C9H6OS2.CH4O/c1-16-8-9-19(28-23(31)18-12-20(25-2)15-26-14-18)13-22(16)30-24-27-11-10-21(29-24)17-6-4-3-5-7-17;10-6-7-3-4-9(12-7)8-2-1-5-11-8;1-2/h3-15,25H,1-2H3,(H,28,31)(H,27,29,30);1-6H;2H,1H3. The number of aromatic nitrogens is 3. The average Bonchev–Trinajstić information content (AvgIpc) is 3.81. The zero-order chi connectivity index (χ0) is 32.0. The fourth-order valence-electron chi connectivity index (χ4n) is 4.01. The summed E-state index contributed by atoms with van der Waals surface area (Å²) in [7, 11) is 2.78. The van der Waals surface area contributed by atoms with Crippen molar-refractivity contribution in [1.29, 1.82) is 0 Å². The van der Waals surface area contributed by atoms with E-state index in [1.807, 2.05) is 85.1 Å². The van der Waals surface area contributed by atoms with E-state index in [1.54, 1.807) is 36.8 Å². The van der Waals surface area contributed by atoms with Crippen LogP contribution in [-0.2, 0) is 0 Å². The number of nitrogens with one attached hydrogen (secondary N) is 3. The summed E-state index contributed by atoms with van der Waals surface area (Å²) >= 11 is 3.23.